The molecule has 9 heavy (non-hydrogen) atoms. The summed E-state index contributed by atoms with van der Waals surface area (Å²) in [5, 5.41) is 0. The topological polar surface area (TPSA) is 0 Å². The molecule has 0 aromatic rings. The zero-order chi connectivity index (χ0) is 7.65. The molecule has 0 N–H and O–H groups in total. The number of rotatable bonds is 2. The fraction of sp³-hybridized carbons (Fsp3) is 1.00. The molecular formula is C3H2BrF5. The van der Waals surface area contributed by atoms with Gasteiger partial charge in [0.2, 0.25) is 0 Å². The van der Waals surface area contributed by atoms with Crippen LogP contribution in [0.1, 0.15) is 0 Å². The van der Waals surface area contributed by atoms with E-state index in [-0.39, 0.29) is 0 Å². The fourth-order valence-corrected chi connectivity index (χ4v) is 0.0952. The molecule has 0 radical (unpaired) electrons. The second kappa shape index (κ2) is 2.81. The first kappa shape index (κ1) is 9.13. The van der Waals surface area contributed by atoms with Gasteiger partial charge in [-0.3, -0.25) is 0 Å². The lowest BCUT2D eigenvalue weighted by molar-refractivity contribution is -0.0639. The lowest BCUT2D eigenvalue weighted by atomic mass is 10.4. The van der Waals surface area contributed by atoms with Gasteiger partial charge >= 0.3 is 0 Å². The van der Waals surface area contributed by atoms with Crippen molar-refractivity contribution < 1.29 is 22.0 Å². The van der Waals surface area contributed by atoms with E-state index in [1.54, 1.807) is 15.9 Å². The van der Waals surface area contributed by atoms with Crippen molar-refractivity contribution >= 4 is 15.9 Å². The Hall–Kier alpha value is 0.130. The van der Waals surface area contributed by atoms with Gasteiger partial charge in [0, 0.05) is 0 Å². The van der Waals surface area contributed by atoms with Crippen molar-refractivity contribution in [2.75, 3.05) is 0 Å². The molecule has 0 rings (SSSR count). The number of hydrogen-bond donors (Lipinski definition) is 0. The van der Waals surface area contributed by atoms with Crippen LogP contribution in [0.2, 0.25) is 0 Å². The van der Waals surface area contributed by atoms with Crippen LogP contribution in [0.4, 0.5) is 22.0 Å². The van der Waals surface area contributed by atoms with Gasteiger partial charge in [-0.25, -0.2) is 22.0 Å². The third-order valence-corrected chi connectivity index (χ3v) is 1.27. The van der Waals surface area contributed by atoms with Crippen LogP contribution in [-0.4, -0.2) is 17.4 Å². The monoisotopic (exact) mass is 212 g/mol. The Bertz CT molecular complexity index is 80.2. The molecule has 0 fully saturated rings. The van der Waals surface area contributed by atoms with Crippen molar-refractivity contribution in [1.82, 2.24) is 0 Å². The summed E-state index contributed by atoms with van der Waals surface area (Å²) in [5.74, 6) is 0. The van der Waals surface area contributed by atoms with E-state index in [9.17, 15) is 22.0 Å². The smallest absolute Gasteiger partial charge is 0.218 e. The van der Waals surface area contributed by atoms with Crippen LogP contribution in [0, 0.1) is 0 Å². The van der Waals surface area contributed by atoms with Gasteiger partial charge in [-0.2, -0.15) is 0 Å². The standard InChI is InChI=1S/C3H2BrF5/c4-3(9,1(5)6)2(7)8/h1-2H. The van der Waals surface area contributed by atoms with Crippen LogP contribution in [-0.2, 0) is 0 Å². The second-order valence-corrected chi connectivity index (χ2v) is 2.49. The predicted octanol–water partition coefficient (Wildman–Crippen LogP) is 2.58. The van der Waals surface area contributed by atoms with Gasteiger partial charge in [0.25, 0.3) is 17.4 Å². The minimum Gasteiger partial charge on any atom is -0.218 e. The SMILES string of the molecule is FC(F)C(F)(Br)C(F)F. The van der Waals surface area contributed by atoms with E-state index in [1.807, 2.05) is 0 Å². The van der Waals surface area contributed by atoms with E-state index in [0.717, 1.165) is 0 Å². The summed E-state index contributed by atoms with van der Waals surface area (Å²) >= 11 is 1.54. The largest absolute Gasteiger partial charge is 0.287 e. The predicted molar refractivity (Wildman–Crippen MR) is 24.8 cm³/mol. The van der Waals surface area contributed by atoms with Crippen LogP contribution in [0.15, 0.2) is 0 Å². The quantitative estimate of drug-likeness (QED) is 0.488. The Morgan fingerprint density at radius 2 is 1.22 bits per heavy atom. The average molecular weight is 213 g/mol. The summed E-state index contributed by atoms with van der Waals surface area (Å²) in [6, 6.07) is 0. The van der Waals surface area contributed by atoms with E-state index < -0.39 is 17.4 Å². The zero-order valence-corrected chi connectivity index (χ0v) is 5.51. The van der Waals surface area contributed by atoms with Crippen LogP contribution in [0.25, 0.3) is 0 Å². The highest BCUT2D eigenvalue weighted by Crippen LogP contribution is 2.34. The van der Waals surface area contributed by atoms with Gasteiger partial charge in [0.1, 0.15) is 0 Å². The third-order valence-electron chi connectivity index (χ3n) is 0.582. The van der Waals surface area contributed by atoms with Gasteiger partial charge in [-0.05, 0) is 15.9 Å². The second-order valence-electron chi connectivity index (χ2n) is 1.28. The van der Waals surface area contributed by atoms with E-state index in [2.05, 4.69) is 0 Å². The Balaban J connectivity index is 4.01. The molecule has 0 amide bonds. The van der Waals surface area contributed by atoms with Crippen LogP contribution < -0.4 is 0 Å². The summed E-state index contributed by atoms with van der Waals surface area (Å²) in [6.07, 6.45) is -7.42. The minimum atomic E-state index is -3.85. The normalized spacial score (nSPS) is 13.3. The van der Waals surface area contributed by atoms with Crippen molar-refractivity contribution in [3.8, 4) is 0 Å². The van der Waals surface area contributed by atoms with Crippen molar-refractivity contribution in [2.45, 2.75) is 17.4 Å². The highest BCUT2D eigenvalue weighted by Gasteiger charge is 2.47. The maximum atomic E-state index is 11.8. The highest BCUT2D eigenvalue weighted by atomic mass is 79.9. The summed E-state index contributed by atoms with van der Waals surface area (Å²) < 4.78 is 52.5. The maximum Gasteiger partial charge on any atom is 0.287 e. The Labute approximate surface area is 56.2 Å². The molecule has 0 heterocycles. The Kier molecular flexibility index (Phi) is 2.85. The summed E-state index contributed by atoms with van der Waals surface area (Å²) in [4.78, 5) is 0. The maximum absolute atomic E-state index is 11.8. The van der Waals surface area contributed by atoms with E-state index in [1.165, 1.54) is 0 Å². The number of hydrogen-bond acceptors (Lipinski definition) is 0. The van der Waals surface area contributed by atoms with Gasteiger partial charge in [0.05, 0.1) is 0 Å². The zero-order valence-electron chi connectivity index (χ0n) is 3.92. The van der Waals surface area contributed by atoms with E-state index >= 15 is 0 Å². The van der Waals surface area contributed by atoms with Crippen molar-refractivity contribution in [3.05, 3.63) is 0 Å². The summed E-state index contributed by atoms with van der Waals surface area (Å²) in [5.41, 5.74) is 0. The summed E-state index contributed by atoms with van der Waals surface area (Å²) in [7, 11) is 0. The molecule has 0 spiro atoms. The van der Waals surface area contributed by atoms with Gasteiger partial charge in [0.15, 0.2) is 0 Å². The lowest BCUT2D eigenvalue weighted by Gasteiger charge is -2.14. The molecule has 0 saturated heterocycles. The third kappa shape index (κ3) is 2.08. The van der Waals surface area contributed by atoms with Gasteiger partial charge < -0.3 is 0 Å². The molecule has 0 aliphatic rings. The molecule has 0 aromatic heterocycles. The number of halogens is 6. The number of alkyl halides is 6. The molecule has 0 saturated carbocycles. The molecule has 56 valence electrons. The van der Waals surface area contributed by atoms with Crippen LogP contribution in [0.5, 0.6) is 0 Å². The first-order valence-electron chi connectivity index (χ1n) is 1.83. The molecule has 0 aliphatic carbocycles. The molecule has 0 aliphatic heterocycles. The van der Waals surface area contributed by atoms with Crippen LogP contribution >= 0.6 is 15.9 Å². The fourth-order valence-electron chi connectivity index (χ4n) is 0.0952. The molecule has 6 heteroatoms. The first-order valence-corrected chi connectivity index (χ1v) is 2.62. The van der Waals surface area contributed by atoms with E-state index in [4.69, 9.17) is 0 Å². The van der Waals surface area contributed by atoms with Crippen molar-refractivity contribution in [1.29, 1.82) is 0 Å². The van der Waals surface area contributed by atoms with E-state index in [0.29, 0.717) is 0 Å². The minimum absolute atomic E-state index is 1.54. The molecule has 0 aromatic carbocycles. The Morgan fingerprint density at radius 1 is 1.00 bits per heavy atom. The van der Waals surface area contributed by atoms with Gasteiger partial charge in [-0.15, -0.1) is 0 Å². The average Bonchev–Trinajstić information content (AvgIpc) is 1.65. The first-order chi connectivity index (χ1) is 3.89. The molecule has 0 unspecified atom stereocenters. The molecular weight excluding hydrogens is 211 g/mol. The van der Waals surface area contributed by atoms with Crippen molar-refractivity contribution in [2.24, 2.45) is 0 Å². The molecule has 0 bridgehead atoms. The Morgan fingerprint density at radius 3 is 1.22 bits per heavy atom. The lowest BCUT2D eigenvalue weighted by Crippen LogP contribution is -2.32. The molecule has 0 nitrogen and oxygen atoms in total. The molecule has 0 atom stereocenters. The summed E-state index contributed by atoms with van der Waals surface area (Å²) in [6.45, 7) is 0. The van der Waals surface area contributed by atoms with Crippen molar-refractivity contribution in [3.63, 3.8) is 0 Å². The highest BCUT2D eigenvalue weighted by molar-refractivity contribution is 9.10. The van der Waals surface area contributed by atoms with Crippen LogP contribution in [0.3, 0.4) is 0 Å². The van der Waals surface area contributed by atoms with Gasteiger partial charge in [-0.1, -0.05) is 0 Å².